The Morgan fingerprint density at radius 3 is 2.31 bits per heavy atom. The van der Waals surface area contributed by atoms with Crippen molar-refractivity contribution in [3.05, 3.63) is 101 Å². The van der Waals surface area contributed by atoms with E-state index in [1.54, 1.807) is 61.5 Å². The Morgan fingerprint density at radius 1 is 1.02 bits per heavy atom. The number of benzene rings is 2. The number of hydrogen-bond acceptors (Lipinski definition) is 9. The fourth-order valence-electron chi connectivity index (χ4n) is 4.32. The summed E-state index contributed by atoms with van der Waals surface area (Å²) < 4.78 is 16.5. The van der Waals surface area contributed by atoms with Crippen LogP contribution in [0.4, 0.5) is 5.13 Å². The van der Waals surface area contributed by atoms with Crippen molar-refractivity contribution in [3.63, 3.8) is 0 Å². The number of ketones is 1. The lowest BCUT2D eigenvalue weighted by molar-refractivity contribution is -0.132. The minimum Gasteiger partial charge on any atom is -0.507 e. The molecule has 1 aliphatic rings. The number of Topliss-reactive ketones (excluding diaryl/α,β-unsaturated/α-hetero) is 1. The summed E-state index contributed by atoms with van der Waals surface area (Å²) in [5, 5.41) is 11.5. The number of thiazole rings is 1. The Balaban J connectivity index is 1.79. The van der Waals surface area contributed by atoms with Crippen LogP contribution in [-0.2, 0) is 14.3 Å². The first kappa shape index (κ1) is 30.3. The number of aliphatic hydroxyl groups is 1. The summed E-state index contributed by atoms with van der Waals surface area (Å²) in [6, 6.07) is 12.5. The minimum atomic E-state index is -1.03. The smallest absolute Gasteiger partial charge is 0.350 e. The van der Waals surface area contributed by atoms with Crippen LogP contribution in [0.2, 0.25) is 0 Å². The van der Waals surface area contributed by atoms with Gasteiger partial charge in [0.2, 0.25) is 0 Å². The van der Waals surface area contributed by atoms with Crippen LogP contribution in [0.25, 0.3) is 5.76 Å². The van der Waals surface area contributed by atoms with Gasteiger partial charge in [-0.1, -0.05) is 62.1 Å². The molecule has 0 spiro atoms. The highest BCUT2D eigenvalue weighted by Crippen LogP contribution is 2.44. The van der Waals surface area contributed by atoms with Crippen molar-refractivity contribution in [2.75, 3.05) is 24.7 Å². The van der Waals surface area contributed by atoms with E-state index in [1.807, 2.05) is 0 Å². The highest BCUT2D eigenvalue weighted by molar-refractivity contribution is 7.17. The Morgan fingerprint density at radius 2 is 1.67 bits per heavy atom. The number of carbonyl (C=O) groups is 3. The highest BCUT2D eigenvalue weighted by Gasteiger charge is 2.48. The van der Waals surface area contributed by atoms with Crippen LogP contribution in [0, 0.1) is 6.92 Å². The molecular weight excluding hydrogens is 556 g/mol. The molecule has 1 unspecified atom stereocenters. The predicted molar refractivity (Wildman–Crippen MR) is 161 cm³/mol. The van der Waals surface area contributed by atoms with Crippen LogP contribution in [0.5, 0.6) is 11.5 Å². The molecule has 2 heterocycles. The third-order valence-corrected chi connectivity index (χ3v) is 7.55. The van der Waals surface area contributed by atoms with E-state index in [0.717, 1.165) is 24.2 Å². The predicted octanol–water partition coefficient (Wildman–Crippen LogP) is 6.16. The first-order valence-electron chi connectivity index (χ1n) is 13.4. The quantitative estimate of drug-likeness (QED) is 0.0630. The summed E-state index contributed by atoms with van der Waals surface area (Å²) in [5.74, 6) is -1.53. The molecule has 4 rings (SSSR count). The Kier molecular flexibility index (Phi) is 9.93. The van der Waals surface area contributed by atoms with Gasteiger partial charge in [0.15, 0.2) is 5.13 Å². The van der Waals surface area contributed by atoms with Gasteiger partial charge in [-0.15, -0.1) is 0 Å². The number of unbranched alkanes of at least 4 members (excludes halogenated alkanes) is 1. The molecule has 1 saturated heterocycles. The van der Waals surface area contributed by atoms with E-state index in [-0.39, 0.29) is 27.9 Å². The van der Waals surface area contributed by atoms with Gasteiger partial charge in [0, 0.05) is 5.56 Å². The monoisotopic (exact) mass is 588 g/mol. The van der Waals surface area contributed by atoms with Gasteiger partial charge in [-0.25, -0.2) is 9.78 Å². The lowest BCUT2D eigenvalue weighted by atomic mass is 9.95. The molecule has 1 aliphatic heterocycles. The highest BCUT2D eigenvalue weighted by atomic mass is 32.1. The average Bonchev–Trinajstić information content (AvgIpc) is 3.51. The van der Waals surface area contributed by atoms with Gasteiger partial charge in [-0.2, -0.15) is 0 Å². The molecule has 218 valence electrons. The average molecular weight is 589 g/mol. The van der Waals surface area contributed by atoms with Gasteiger partial charge in [-0.3, -0.25) is 14.5 Å². The van der Waals surface area contributed by atoms with Gasteiger partial charge in [0.25, 0.3) is 5.78 Å². The maximum atomic E-state index is 13.5. The zero-order valence-corrected chi connectivity index (χ0v) is 24.3. The molecule has 0 bridgehead atoms. The van der Waals surface area contributed by atoms with E-state index >= 15 is 0 Å². The van der Waals surface area contributed by atoms with Crippen molar-refractivity contribution in [3.8, 4) is 11.5 Å². The third-order valence-electron chi connectivity index (χ3n) is 6.41. The molecule has 0 radical (unpaired) electrons. The van der Waals surface area contributed by atoms with Gasteiger partial charge in [0.05, 0.1) is 23.9 Å². The second-order valence-corrected chi connectivity index (χ2v) is 10.3. The molecule has 1 amide bonds. The topological polar surface area (TPSA) is 115 Å². The molecule has 1 aromatic heterocycles. The Bertz CT molecular complexity index is 1510. The van der Waals surface area contributed by atoms with Crippen LogP contribution in [0.3, 0.4) is 0 Å². The summed E-state index contributed by atoms with van der Waals surface area (Å²) in [5.41, 5.74) is 1.11. The first-order valence-corrected chi connectivity index (χ1v) is 14.3. The zero-order valence-electron chi connectivity index (χ0n) is 23.5. The van der Waals surface area contributed by atoms with Crippen LogP contribution in [-0.4, -0.2) is 47.6 Å². The first-order chi connectivity index (χ1) is 20.3. The molecule has 1 N–H and O–H groups in total. The number of rotatable bonds is 13. The lowest BCUT2D eigenvalue weighted by Crippen LogP contribution is -2.29. The molecule has 0 aliphatic carbocycles. The SMILES string of the molecule is C=CCOC(=O)c1sc(N2C(=O)C(=O)/C(=C(\O)c3ccc(OCCCC)cc3)C2c2ccc(OCC=C)cc2)nc1C. The number of aromatic nitrogens is 1. The molecule has 9 nitrogen and oxygen atoms in total. The maximum Gasteiger partial charge on any atom is 0.350 e. The maximum absolute atomic E-state index is 13.5. The van der Waals surface area contributed by atoms with Gasteiger partial charge in [0.1, 0.15) is 35.3 Å². The van der Waals surface area contributed by atoms with Gasteiger partial charge in [-0.05, 0) is 55.3 Å². The van der Waals surface area contributed by atoms with Crippen molar-refractivity contribution in [2.24, 2.45) is 0 Å². The second-order valence-electron chi connectivity index (χ2n) is 9.36. The number of carbonyl (C=O) groups excluding carboxylic acids is 3. The zero-order chi connectivity index (χ0) is 30.2. The molecule has 1 fully saturated rings. The van der Waals surface area contributed by atoms with Gasteiger partial charge < -0.3 is 19.3 Å². The number of nitrogens with zero attached hydrogens (tertiary/aromatic N) is 2. The summed E-state index contributed by atoms with van der Waals surface area (Å²) in [4.78, 5) is 45.5. The number of anilines is 1. The third kappa shape index (κ3) is 6.44. The number of aliphatic hydroxyl groups excluding tert-OH is 1. The van der Waals surface area contributed by atoms with E-state index in [4.69, 9.17) is 14.2 Å². The van der Waals surface area contributed by atoms with Gasteiger partial charge >= 0.3 is 11.9 Å². The van der Waals surface area contributed by atoms with E-state index in [9.17, 15) is 19.5 Å². The van der Waals surface area contributed by atoms with E-state index in [1.165, 1.54) is 11.0 Å². The Labute approximate surface area is 248 Å². The number of esters is 1. The van der Waals surface area contributed by atoms with Crippen molar-refractivity contribution < 1.29 is 33.7 Å². The summed E-state index contributed by atoms with van der Waals surface area (Å²) >= 11 is 0.931. The normalized spacial score (nSPS) is 15.9. The van der Waals surface area contributed by atoms with Crippen molar-refractivity contribution in [1.82, 2.24) is 4.98 Å². The molecular formula is C32H32N2O7S. The largest absolute Gasteiger partial charge is 0.507 e. The van der Waals surface area contributed by atoms with E-state index < -0.39 is 23.7 Å². The Hall–Kier alpha value is -4.70. The fourth-order valence-corrected chi connectivity index (χ4v) is 5.31. The fraction of sp³-hybridized carbons (Fsp3) is 0.250. The molecule has 0 saturated carbocycles. The van der Waals surface area contributed by atoms with Crippen molar-refractivity contribution in [1.29, 1.82) is 0 Å². The number of amides is 1. The van der Waals surface area contributed by atoms with Crippen molar-refractivity contribution >= 4 is 39.9 Å². The number of aryl methyl sites for hydroxylation is 1. The molecule has 2 aromatic carbocycles. The summed E-state index contributed by atoms with van der Waals surface area (Å²) in [7, 11) is 0. The van der Waals surface area contributed by atoms with Crippen molar-refractivity contribution in [2.45, 2.75) is 32.7 Å². The molecule has 10 heteroatoms. The van der Waals surface area contributed by atoms with E-state index in [0.29, 0.717) is 41.5 Å². The minimum absolute atomic E-state index is 0.0126. The number of hydrogen-bond donors (Lipinski definition) is 1. The van der Waals surface area contributed by atoms with Crippen LogP contribution in [0.1, 0.15) is 52.3 Å². The number of ether oxygens (including phenoxy) is 3. The van der Waals surface area contributed by atoms with E-state index in [2.05, 4.69) is 25.1 Å². The summed E-state index contributed by atoms with van der Waals surface area (Å²) in [6.07, 6.45) is 4.97. The van der Waals surface area contributed by atoms with Crippen LogP contribution < -0.4 is 14.4 Å². The second kappa shape index (κ2) is 13.8. The lowest BCUT2D eigenvalue weighted by Gasteiger charge is -2.23. The molecule has 3 aromatic rings. The standard InChI is InChI=1S/C32H32N2O7S/c1-5-8-19-40-24-15-11-22(12-16-24)27(35)25-26(21-9-13-23(14-10-21)39-17-6-2)34(30(37)28(25)36)32-33-20(4)29(42-32)31(38)41-18-7-3/h6-7,9-16,26,35H,2-3,5,8,17-19H2,1,4H3/b27-25-. The summed E-state index contributed by atoms with van der Waals surface area (Å²) in [6.45, 7) is 11.8. The molecule has 1 atom stereocenters. The molecule has 42 heavy (non-hydrogen) atoms. The van der Waals surface area contributed by atoms with Crippen LogP contribution >= 0.6 is 11.3 Å². The van der Waals surface area contributed by atoms with Crippen LogP contribution in [0.15, 0.2) is 79.4 Å².